The van der Waals surface area contributed by atoms with Crippen LogP contribution in [0, 0.1) is 10.1 Å². The standard InChI is InChI=1S/C8H8BrN3O2/c9-8-7(12(13)14)6(3-4-10-8)11-5-1-2-5/h3-5H,1-2H2,(H,10,11). The Labute approximate surface area is 88.8 Å². The molecule has 0 spiro atoms. The highest BCUT2D eigenvalue weighted by Crippen LogP contribution is 2.34. The Kier molecular flexibility index (Phi) is 2.37. The van der Waals surface area contributed by atoms with Crippen molar-refractivity contribution in [3.63, 3.8) is 0 Å². The van der Waals surface area contributed by atoms with Gasteiger partial charge in [-0.05, 0) is 34.8 Å². The van der Waals surface area contributed by atoms with Crippen LogP contribution in [0.5, 0.6) is 0 Å². The van der Waals surface area contributed by atoms with E-state index in [2.05, 4.69) is 26.2 Å². The van der Waals surface area contributed by atoms with E-state index in [1.165, 1.54) is 0 Å². The fraction of sp³-hybridized carbons (Fsp3) is 0.375. The van der Waals surface area contributed by atoms with Crippen LogP contribution in [0.4, 0.5) is 11.4 Å². The van der Waals surface area contributed by atoms with Gasteiger partial charge in [-0.25, -0.2) is 4.98 Å². The fourth-order valence-electron chi connectivity index (χ4n) is 1.17. The van der Waals surface area contributed by atoms with Gasteiger partial charge in [0.1, 0.15) is 5.69 Å². The van der Waals surface area contributed by atoms with Crippen LogP contribution in [-0.4, -0.2) is 15.9 Å². The quantitative estimate of drug-likeness (QED) is 0.513. The van der Waals surface area contributed by atoms with Crippen LogP contribution in [0.2, 0.25) is 0 Å². The first-order valence-electron chi connectivity index (χ1n) is 4.24. The van der Waals surface area contributed by atoms with Crippen molar-refractivity contribution < 1.29 is 4.92 Å². The van der Waals surface area contributed by atoms with Gasteiger partial charge in [-0.3, -0.25) is 10.1 Å². The molecule has 1 heterocycles. The summed E-state index contributed by atoms with van der Waals surface area (Å²) < 4.78 is 0.271. The lowest BCUT2D eigenvalue weighted by molar-refractivity contribution is -0.385. The summed E-state index contributed by atoms with van der Waals surface area (Å²) >= 11 is 3.07. The van der Waals surface area contributed by atoms with Gasteiger partial charge in [0.05, 0.1) is 4.92 Å². The van der Waals surface area contributed by atoms with E-state index in [-0.39, 0.29) is 10.3 Å². The molecule has 0 unspecified atom stereocenters. The minimum absolute atomic E-state index is 0.0133. The molecule has 2 rings (SSSR count). The van der Waals surface area contributed by atoms with Gasteiger partial charge in [-0.1, -0.05) is 0 Å². The Morgan fingerprint density at radius 2 is 2.36 bits per heavy atom. The molecule has 74 valence electrons. The normalized spacial score (nSPS) is 15.2. The first-order valence-corrected chi connectivity index (χ1v) is 5.03. The third-order valence-electron chi connectivity index (χ3n) is 2.00. The number of hydrogen-bond acceptors (Lipinski definition) is 4. The van der Waals surface area contributed by atoms with Crippen molar-refractivity contribution in [1.29, 1.82) is 0 Å². The van der Waals surface area contributed by atoms with E-state index in [1.807, 2.05) is 0 Å². The van der Waals surface area contributed by atoms with Gasteiger partial charge in [-0.15, -0.1) is 0 Å². The first-order chi connectivity index (χ1) is 6.68. The summed E-state index contributed by atoms with van der Waals surface area (Å²) in [5.74, 6) is 0. The van der Waals surface area contributed by atoms with E-state index in [1.54, 1.807) is 12.3 Å². The third kappa shape index (κ3) is 1.84. The number of aromatic nitrogens is 1. The zero-order valence-corrected chi connectivity index (χ0v) is 8.82. The van der Waals surface area contributed by atoms with E-state index >= 15 is 0 Å². The number of anilines is 1. The predicted molar refractivity (Wildman–Crippen MR) is 55.2 cm³/mol. The van der Waals surface area contributed by atoms with E-state index < -0.39 is 4.92 Å². The second kappa shape index (κ2) is 3.53. The van der Waals surface area contributed by atoms with Gasteiger partial charge < -0.3 is 5.32 Å². The summed E-state index contributed by atoms with van der Waals surface area (Å²) in [6.45, 7) is 0. The molecule has 6 heteroatoms. The average molecular weight is 258 g/mol. The molecule has 14 heavy (non-hydrogen) atoms. The molecule has 1 N–H and O–H groups in total. The highest BCUT2D eigenvalue weighted by Gasteiger charge is 2.26. The van der Waals surface area contributed by atoms with E-state index in [0.29, 0.717) is 11.7 Å². The zero-order chi connectivity index (χ0) is 10.1. The molecule has 0 radical (unpaired) electrons. The number of rotatable bonds is 3. The summed E-state index contributed by atoms with van der Waals surface area (Å²) in [5.41, 5.74) is 0.554. The Morgan fingerprint density at radius 3 is 2.93 bits per heavy atom. The zero-order valence-electron chi connectivity index (χ0n) is 7.24. The summed E-state index contributed by atoms with van der Waals surface area (Å²) in [6, 6.07) is 2.02. The number of nitro groups is 1. The molecule has 0 amide bonds. The van der Waals surface area contributed by atoms with Crippen molar-refractivity contribution in [2.24, 2.45) is 0 Å². The predicted octanol–water partition coefficient (Wildman–Crippen LogP) is 2.33. The Bertz CT molecular complexity index is 379. The highest BCUT2D eigenvalue weighted by molar-refractivity contribution is 9.10. The van der Waals surface area contributed by atoms with Crippen LogP contribution < -0.4 is 5.32 Å². The van der Waals surface area contributed by atoms with Crippen LogP contribution in [0.1, 0.15) is 12.8 Å². The first kappa shape index (κ1) is 9.39. The maximum absolute atomic E-state index is 10.7. The van der Waals surface area contributed by atoms with Crippen molar-refractivity contribution in [3.05, 3.63) is 27.0 Å². The van der Waals surface area contributed by atoms with E-state index in [9.17, 15) is 10.1 Å². The number of halogens is 1. The van der Waals surface area contributed by atoms with Crippen LogP contribution in [0.15, 0.2) is 16.9 Å². The third-order valence-corrected chi connectivity index (χ3v) is 2.58. The molecule has 1 aliphatic carbocycles. The number of hydrogen-bond donors (Lipinski definition) is 1. The lowest BCUT2D eigenvalue weighted by Gasteiger charge is -2.05. The Balaban J connectivity index is 2.35. The van der Waals surface area contributed by atoms with Crippen molar-refractivity contribution in [2.75, 3.05) is 5.32 Å². The Morgan fingerprint density at radius 1 is 1.64 bits per heavy atom. The second-order valence-electron chi connectivity index (χ2n) is 3.17. The minimum Gasteiger partial charge on any atom is -0.377 e. The molecule has 1 saturated carbocycles. The van der Waals surface area contributed by atoms with Crippen LogP contribution in [0.25, 0.3) is 0 Å². The van der Waals surface area contributed by atoms with Crippen molar-refractivity contribution in [1.82, 2.24) is 4.98 Å². The largest absolute Gasteiger partial charge is 0.377 e. The number of nitrogens with one attached hydrogen (secondary N) is 1. The SMILES string of the molecule is O=[N+]([O-])c1c(NC2CC2)ccnc1Br. The average Bonchev–Trinajstić information content (AvgIpc) is 2.87. The highest BCUT2D eigenvalue weighted by atomic mass is 79.9. The fourth-order valence-corrected chi connectivity index (χ4v) is 1.64. The second-order valence-corrected chi connectivity index (χ2v) is 3.92. The molecule has 1 fully saturated rings. The summed E-state index contributed by atoms with van der Waals surface area (Å²) in [5, 5.41) is 13.8. The minimum atomic E-state index is -0.429. The molecule has 0 bridgehead atoms. The summed E-state index contributed by atoms with van der Waals surface area (Å²) in [4.78, 5) is 14.1. The van der Waals surface area contributed by atoms with Crippen LogP contribution in [0.3, 0.4) is 0 Å². The lowest BCUT2D eigenvalue weighted by atomic mass is 10.3. The van der Waals surface area contributed by atoms with Crippen molar-refractivity contribution >= 4 is 27.3 Å². The van der Waals surface area contributed by atoms with E-state index in [4.69, 9.17) is 0 Å². The van der Waals surface area contributed by atoms with Gasteiger partial charge in [0.2, 0.25) is 0 Å². The molecule has 1 aromatic heterocycles. The monoisotopic (exact) mass is 257 g/mol. The molecule has 0 atom stereocenters. The van der Waals surface area contributed by atoms with Crippen LogP contribution >= 0.6 is 15.9 Å². The van der Waals surface area contributed by atoms with Gasteiger partial charge >= 0.3 is 5.69 Å². The smallest absolute Gasteiger partial charge is 0.324 e. The lowest BCUT2D eigenvalue weighted by Crippen LogP contribution is -2.05. The van der Waals surface area contributed by atoms with Gasteiger partial charge in [0, 0.05) is 12.2 Å². The number of nitrogens with zero attached hydrogens (tertiary/aromatic N) is 2. The molecule has 0 saturated heterocycles. The van der Waals surface area contributed by atoms with Gasteiger partial charge in [0.25, 0.3) is 0 Å². The molecule has 0 aliphatic heterocycles. The summed E-state index contributed by atoms with van der Waals surface area (Å²) in [6.07, 6.45) is 3.70. The maximum atomic E-state index is 10.7. The molecule has 1 aliphatic rings. The van der Waals surface area contributed by atoms with E-state index in [0.717, 1.165) is 12.8 Å². The van der Waals surface area contributed by atoms with Gasteiger partial charge in [-0.2, -0.15) is 0 Å². The Hall–Kier alpha value is -1.17. The molecule has 0 aromatic carbocycles. The van der Waals surface area contributed by atoms with Crippen molar-refractivity contribution in [2.45, 2.75) is 18.9 Å². The van der Waals surface area contributed by atoms with Crippen molar-refractivity contribution in [3.8, 4) is 0 Å². The molecular weight excluding hydrogens is 250 g/mol. The molecule has 1 aromatic rings. The molecular formula is C8H8BrN3O2. The summed E-state index contributed by atoms with van der Waals surface area (Å²) in [7, 11) is 0. The topological polar surface area (TPSA) is 68.1 Å². The number of pyridine rings is 1. The maximum Gasteiger partial charge on any atom is 0.324 e. The van der Waals surface area contributed by atoms with Gasteiger partial charge in [0.15, 0.2) is 4.60 Å². The molecule has 5 nitrogen and oxygen atoms in total. The van der Waals surface area contributed by atoms with Crippen LogP contribution in [-0.2, 0) is 0 Å².